The number of ether oxygens (including phenoxy) is 1. The van der Waals surface area contributed by atoms with Crippen molar-refractivity contribution in [3.8, 4) is 5.75 Å². The maximum atomic E-state index is 13.7. The van der Waals surface area contributed by atoms with Gasteiger partial charge in [0.1, 0.15) is 5.75 Å². The third-order valence-electron chi connectivity index (χ3n) is 6.50. The Bertz CT molecular complexity index is 1630. The van der Waals surface area contributed by atoms with Crippen molar-refractivity contribution in [1.82, 2.24) is 4.57 Å². The molecule has 1 unspecified atom stereocenters. The fourth-order valence-corrected chi connectivity index (χ4v) is 6.02. The van der Waals surface area contributed by atoms with Crippen LogP contribution < -0.4 is 19.6 Å². The van der Waals surface area contributed by atoms with Crippen LogP contribution in [0.4, 0.5) is 0 Å². The van der Waals surface area contributed by atoms with Crippen molar-refractivity contribution in [2.75, 3.05) is 7.11 Å². The van der Waals surface area contributed by atoms with Crippen molar-refractivity contribution in [3.63, 3.8) is 0 Å². The van der Waals surface area contributed by atoms with Crippen molar-refractivity contribution >= 4 is 34.7 Å². The zero-order valence-corrected chi connectivity index (χ0v) is 20.1. The van der Waals surface area contributed by atoms with Gasteiger partial charge in [-0.3, -0.25) is 9.36 Å². The van der Waals surface area contributed by atoms with Crippen LogP contribution in [-0.4, -0.2) is 11.7 Å². The Balaban J connectivity index is 1.62. The van der Waals surface area contributed by atoms with E-state index in [2.05, 4.69) is 24.3 Å². The van der Waals surface area contributed by atoms with Gasteiger partial charge in [-0.2, -0.15) is 0 Å². The van der Waals surface area contributed by atoms with Crippen molar-refractivity contribution in [2.45, 2.75) is 18.9 Å². The molecular weight excluding hydrogens is 464 g/mol. The number of fused-ring (bicyclic) bond motifs is 3. The highest BCUT2D eigenvalue weighted by atomic mass is 35.5. The van der Waals surface area contributed by atoms with Gasteiger partial charge in [0.2, 0.25) is 0 Å². The lowest BCUT2D eigenvalue weighted by Crippen LogP contribution is -2.38. The minimum absolute atomic E-state index is 0.0464. The molecule has 0 spiro atoms. The number of nitrogens with zero attached hydrogens (tertiary/aromatic N) is 2. The first-order valence-electron chi connectivity index (χ1n) is 11.2. The van der Waals surface area contributed by atoms with Gasteiger partial charge < -0.3 is 4.74 Å². The third-order valence-corrected chi connectivity index (χ3v) is 7.82. The van der Waals surface area contributed by atoms with Crippen molar-refractivity contribution in [3.05, 3.63) is 125 Å². The molecule has 6 heteroatoms. The zero-order valence-electron chi connectivity index (χ0n) is 18.5. The molecule has 0 amide bonds. The van der Waals surface area contributed by atoms with E-state index in [9.17, 15) is 4.79 Å². The molecule has 0 fully saturated rings. The van der Waals surface area contributed by atoms with Gasteiger partial charge in [0.15, 0.2) is 4.80 Å². The third kappa shape index (κ3) is 3.44. The van der Waals surface area contributed by atoms with Gasteiger partial charge in [0, 0.05) is 10.6 Å². The lowest BCUT2D eigenvalue weighted by atomic mass is 9.83. The maximum absolute atomic E-state index is 13.7. The summed E-state index contributed by atoms with van der Waals surface area (Å²) in [5.74, 6) is 0.790. The molecule has 1 atom stereocenters. The van der Waals surface area contributed by atoms with E-state index in [4.69, 9.17) is 21.3 Å². The predicted molar refractivity (Wildman–Crippen MR) is 137 cm³/mol. The summed E-state index contributed by atoms with van der Waals surface area (Å²) in [7, 11) is 1.66. The molecule has 0 bridgehead atoms. The van der Waals surface area contributed by atoms with Gasteiger partial charge in [0.05, 0.1) is 23.4 Å². The molecule has 168 valence electrons. The molecule has 6 rings (SSSR count). The highest BCUT2D eigenvalue weighted by molar-refractivity contribution is 7.07. The molecule has 4 nitrogen and oxygen atoms in total. The zero-order chi connectivity index (χ0) is 23.2. The van der Waals surface area contributed by atoms with Crippen LogP contribution in [0.3, 0.4) is 0 Å². The predicted octanol–water partition coefficient (Wildman–Crippen LogP) is 4.98. The van der Waals surface area contributed by atoms with Gasteiger partial charge in [-0.05, 0) is 59.4 Å². The summed E-state index contributed by atoms with van der Waals surface area (Å²) in [6, 6.07) is 23.8. The van der Waals surface area contributed by atoms with Crippen LogP contribution in [0.1, 0.15) is 34.7 Å². The first-order valence-corrected chi connectivity index (χ1v) is 12.3. The fourth-order valence-electron chi connectivity index (χ4n) is 4.84. The summed E-state index contributed by atoms with van der Waals surface area (Å²) in [4.78, 5) is 19.5. The summed E-state index contributed by atoms with van der Waals surface area (Å²) < 4.78 is 7.84. The molecule has 0 saturated heterocycles. The second-order valence-electron chi connectivity index (χ2n) is 8.41. The summed E-state index contributed by atoms with van der Waals surface area (Å²) >= 11 is 7.80. The second-order valence-corrected chi connectivity index (χ2v) is 9.82. The van der Waals surface area contributed by atoms with Crippen LogP contribution in [0, 0.1) is 0 Å². The van der Waals surface area contributed by atoms with E-state index in [1.54, 1.807) is 7.11 Å². The highest BCUT2D eigenvalue weighted by Gasteiger charge is 2.32. The molecule has 1 aromatic heterocycles. The number of rotatable bonds is 3. The van der Waals surface area contributed by atoms with Crippen molar-refractivity contribution in [2.24, 2.45) is 4.99 Å². The minimum atomic E-state index is -0.209. The standard InChI is InChI=1S/C28H21ClN2O2S/c1-33-20-13-10-18(11-14-20)26-22-15-12-17-6-2-4-8-21(17)25(22)30-28-31(26)27(32)24(34-28)16-19-7-3-5-9-23(19)29/h2-11,13-14,16,26H,12,15H2,1H3/b24-16-. The van der Waals surface area contributed by atoms with Crippen LogP contribution in [0.25, 0.3) is 11.8 Å². The molecule has 4 aromatic rings. The molecule has 0 radical (unpaired) electrons. The molecular formula is C28H21ClN2O2S. The van der Waals surface area contributed by atoms with E-state index in [-0.39, 0.29) is 11.6 Å². The Morgan fingerprint density at radius 3 is 2.59 bits per heavy atom. The number of benzene rings is 3. The van der Waals surface area contributed by atoms with Gasteiger partial charge in [-0.1, -0.05) is 77.5 Å². The van der Waals surface area contributed by atoms with E-state index in [0.717, 1.165) is 41.0 Å². The van der Waals surface area contributed by atoms with Gasteiger partial charge in [-0.15, -0.1) is 0 Å². The Labute approximate surface area is 205 Å². The molecule has 2 aliphatic rings. The van der Waals surface area contributed by atoms with E-state index < -0.39 is 0 Å². The number of hydrogen-bond donors (Lipinski definition) is 0. The minimum Gasteiger partial charge on any atom is -0.497 e. The van der Waals surface area contributed by atoms with Crippen molar-refractivity contribution < 1.29 is 4.74 Å². The highest BCUT2D eigenvalue weighted by Crippen LogP contribution is 2.41. The lowest BCUT2D eigenvalue weighted by molar-refractivity contribution is 0.414. The molecule has 0 saturated carbocycles. The van der Waals surface area contributed by atoms with E-state index in [0.29, 0.717) is 14.4 Å². The Morgan fingerprint density at radius 1 is 1.03 bits per heavy atom. The number of hydrogen-bond acceptors (Lipinski definition) is 4. The average Bonchev–Trinajstić information content (AvgIpc) is 3.18. The van der Waals surface area contributed by atoms with E-state index in [1.807, 2.05) is 59.2 Å². The number of aryl methyl sites for hydroxylation is 1. The van der Waals surface area contributed by atoms with Crippen LogP contribution >= 0.6 is 22.9 Å². The molecule has 34 heavy (non-hydrogen) atoms. The smallest absolute Gasteiger partial charge is 0.271 e. The normalized spacial score (nSPS) is 17.0. The summed E-state index contributed by atoms with van der Waals surface area (Å²) in [6.45, 7) is 0. The summed E-state index contributed by atoms with van der Waals surface area (Å²) in [6.07, 6.45) is 3.66. The Morgan fingerprint density at radius 2 is 1.79 bits per heavy atom. The first-order chi connectivity index (χ1) is 16.6. The van der Waals surface area contributed by atoms with E-state index in [1.165, 1.54) is 22.5 Å². The van der Waals surface area contributed by atoms with E-state index >= 15 is 0 Å². The molecule has 2 heterocycles. The second kappa shape index (κ2) is 8.42. The SMILES string of the molecule is COc1ccc(C2C3=C(N=c4s/c(=C\c5ccccc5Cl)c(=O)n42)c2ccccc2CC3)cc1. The fraction of sp³-hybridized carbons (Fsp3) is 0.143. The number of methoxy groups -OCH3 is 1. The van der Waals surface area contributed by atoms with Gasteiger partial charge in [0.25, 0.3) is 5.56 Å². The van der Waals surface area contributed by atoms with Crippen LogP contribution in [0.5, 0.6) is 5.75 Å². The Kier molecular flexibility index (Phi) is 5.24. The number of aromatic nitrogens is 1. The summed E-state index contributed by atoms with van der Waals surface area (Å²) in [5.41, 5.74) is 6.46. The number of halogens is 1. The number of allylic oxidation sites excluding steroid dienone is 1. The topological polar surface area (TPSA) is 43.6 Å². The largest absolute Gasteiger partial charge is 0.497 e. The molecule has 1 aliphatic carbocycles. The summed E-state index contributed by atoms with van der Waals surface area (Å²) in [5, 5.41) is 0.619. The average molecular weight is 485 g/mol. The van der Waals surface area contributed by atoms with Gasteiger partial charge >= 0.3 is 0 Å². The van der Waals surface area contributed by atoms with Gasteiger partial charge in [-0.25, -0.2) is 4.99 Å². The first kappa shape index (κ1) is 21.1. The lowest BCUT2D eigenvalue weighted by Gasteiger charge is -2.30. The molecule has 1 aliphatic heterocycles. The molecule has 0 N–H and O–H groups in total. The van der Waals surface area contributed by atoms with Crippen LogP contribution in [0.15, 0.2) is 88.2 Å². The van der Waals surface area contributed by atoms with Crippen LogP contribution in [0.2, 0.25) is 5.02 Å². The quantitative estimate of drug-likeness (QED) is 0.411. The number of thiazole rings is 1. The molecule has 3 aromatic carbocycles. The monoisotopic (exact) mass is 484 g/mol. The van der Waals surface area contributed by atoms with Crippen molar-refractivity contribution in [1.29, 1.82) is 0 Å². The maximum Gasteiger partial charge on any atom is 0.271 e. The van der Waals surface area contributed by atoms with Crippen LogP contribution in [-0.2, 0) is 6.42 Å². The Hall–Kier alpha value is -3.41.